The molecule has 1 aliphatic rings. The van der Waals surface area contributed by atoms with Crippen molar-refractivity contribution in [1.29, 1.82) is 0 Å². The van der Waals surface area contributed by atoms with E-state index in [1.165, 1.54) is 0 Å². The van der Waals surface area contributed by atoms with Crippen molar-refractivity contribution in [2.24, 2.45) is 0 Å². The van der Waals surface area contributed by atoms with E-state index in [4.69, 9.17) is 9.47 Å². The van der Waals surface area contributed by atoms with Gasteiger partial charge in [-0.3, -0.25) is 4.90 Å². The second-order valence-electron chi connectivity index (χ2n) is 5.78. The van der Waals surface area contributed by atoms with Crippen molar-refractivity contribution in [2.45, 2.75) is 19.1 Å². The van der Waals surface area contributed by atoms with Crippen LogP contribution in [0.3, 0.4) is 0 Å². The lowest BCUT2D eigenvalue weighted by molar-refractivity contribution is 0.173. The average Bonchev–Trinajstić information content (AvgIpc) is 2.85. The third-order valence-corrected chi connectivity index (χ3v) is 3.71. The summed E-state index contributed by atoms with van der Waals surface area (Å²) in [5, 5.41) is 9.65. The van der Waals surface area contributed by atoms with Crippen LogP contribution in [0.1, 0.15) is 12.0 Å². The number of aliphatic hydroxyl groups is 1. The Labute approximate surface area is 127 Å². The lowest BCUT2D eigenvalue weighted by Crippen LogP contribution is -2.23. The van der Waals surface area contributed by atoms with E-state index in [0.29, 0.717) is 6.61 Å². The van der Waals surface area contributed by atoms with Crippen molar-refractivity contribution in [3.8, 4) is 11.5 Å². The van der Waals surface area contributed by atoms with Crippen LogP contribution in [0.5, 0.6) is 11.5 Å². The van der Waals surface area contributed by atoms with Crippen LogP contribution in [0.4, 0.5) is 0 Å². The molecule has 1 aromatic rings. The maximum atomic E-state index is 9.65. The summed E-state index contributed by atoms with van der Waals surface area (Å²) in [6, 6.07) is 5.98. The number of β-amino-alcohol motifs (C(OH)–C–C–N with tert-alkyl or cyclic N) is 1. The Morgan fingerprint density at radius 3 is 2.81 bits per heavy atom. The summed E-state index contributed by atoms with van der Waals surface area (Å²) in [7, 11) is 5.72. The SMILES string of the molecule is COc1cccc(CN2CC[C@@H](O)C2)c1OCCN(C)C. The monoisotopic (exact) mass is 294 g/mol. The van der Waals surface area contributed by atoms with Crippen LogP contribution in [-0.4, -0.2) is 68.5 Å². The predicted molar refractivity (Wildman–Crippen MR) is 82.9 cm³/mol. The Balaban J connectivity index is 2.07. The van der Waals surface area contributed by atoms with Crippen molar-refractivity contribution in [3.63, 3.8) is 0 Å². The molecule has 0 bridgehead atoms. The second kappa shape index (κ2) is 7.64. The fourth-order valence-corrected chi connectivity index (χ4v) is 2.54. The third-order valence-electron chi connectivity index (χ3n) is 3.71. The third kappa shape index (κ3) is 4.59. The molecule has 0 aliphatic carbocycles. The van der Waals surface area contributed by atoms with Crippen molar-refractivity contribution in [2.75, 3.05) is 47.4 Å². The zero-order chi connectivity index (χ0) is 15.2. The molecule has 0 spiro atoms. The van der Waals surface area contributed by atoms with Gasteiger partial charge >= 0.3 is 0 Å². The number of nitrogens with zero attached hydrogens (tertiary/aromatic N) is 2. The molecule has 1 N–H and O–H groups in total. The normalized spacial score (nSPS) is 19.2. The van der Waals surface area contributed by atoms with Gasteiger partial charge in [0.2, 0.25) is 0 Å². The standard InChI is InChI=1S/C16H26N2O3/c1-17(2)9-10-21-16-13(5-4-6-15(16)20-3)11-18-8-7-14(19)12-18/h4-6,14,19H,7-12H2,1-3H3/t14-/m1/s1. The zero-order valence-electron chi connectivity index (χ0n) is 13.2. The highest BCUT2D eigenvalue weighted by molar-refractivity contribution is 5.46. The number of rotatable bonds is 7. The fraction of sp³-hybridized carbons (Fsp3) is 0.625. The lowest BCUT2D eigenvalue weighted by Gasteiger charge is -2.20. The first-order valence-electron chi connectivity index (χ1n) is 7.44. The summed E-state index contributed by atoms with van der Waals surface area (Å²) in [4.78, 5) is 4.34. The van der Waals surface area contributed by atoms with E-state index in [2.05, 4.69) is 15.9 Å². The highest BCUT2D eigenvalue weighted by atomic mass is 16.5. The fourth-order valence-electron chi connectivity index (χ4n) is 2.54. The number of hydrogen-bond acceptors (Lipinski definition) is 5. The number of methoxy groups -OCH3 is 1. The molecule has 0 unspecified atom stereocenters. The van der Waals surface area contributed by atoms with Gasteiger partial charge in [-0.25, -0.2) is 0 Å². The predicted octanol–water partition coefficient (Wildman–Crippen LogP) is 1.20. The van der Waals surface area contributed by atoms with E-state index in [9.17, 15) is 5.11 Å². The van der Waals surface area contributed by atoms with Gasteiger partial charge < -0.3 is 19.5 Å². The Kier molecular flexibility index (Phi) is 5.85. The van der Waals surface area contributed by atoms with Crippen molar-refractivity contribution in [3.05, 3.63) is 23.8 Å². The molecule has 1 aliphatic heterocycles. The van der Waals surface area contributed by atoms with E-state index < -0.39 is 0 Å². The summed E-state index contributed by atoms with van der Waals surface area (Å²) in [6.07, 6.45) is 0.648. The number of likely N-dealkylation sites (tertiary alicyclic amines) is 1. The topological polar surface area (TPSA) is 45.2 Å². The minimum Gasteiger partial charge on any atom is -0.493 e. The number of benzene rings is 1. The summed E-state index contributed by atoms with van der Waals surface area (Å²) in [5.74, 6) is 1.59. The molecule has 1 atom stereocenters. The first-order valence-corrected chi connectivity index (χ1v) is 7.44. The zero-order valence-corrected chi connectivity index (χ0v) is 13.2. The molecule has 2 rings (SSSR count). The minimum absolute atomic E-state index is 0.200. The smallest absolute Gasteiger partial charge is 0.165 e. The Bertz CT molecular complexity index is 451. The highest BCUT2D eigenvalue weighted by Crippen LogP contribution is 2.32. The van der Waals surface area contributed by atoms with Crippen molar-refractivity contribution < 1.29 is 14.6 Å². The van der Waals surface area contributed by atoms with Gasteiger partial charge in [0.1, 0.15) is 6.61 Å². The number of likely N-dealkylation sites (N-methyl/N-ethyl adjacent to an activating group) is 1. The van der Waals surface area contributed by atoms with Gasteiger partial charge in [-0.05, 0) is 26.6 Å². The molecular formula is C16H26N2O3. The summed E-state index contributed by atoms with van der Waals surface area (Å²) in [5.41, 5.74) is 1.11. The largest absolute Gasteiger partial charge is 0.493 e. The van der Waals surface area contributed by atoms with Gasteiger partial charge in [-0.2, -0.15) is 0 Å². The number of aliphatic hydroxyl groups excluding tert-OH is 1. The average molecular weight is 294 g/mol. The quantitative estimate of drug-likeness (QED) is 0.819. The molecule has 21 heavy (non-hydrogen) atoms. The van der Waals surface area contributed by atoms with E-state index in [1.807, 2.05) is 26.2 Å². The Morgan fingerprint density at radius 2 is 2.19 bits per heavy atom. The number of ether oxygens (including phenoxy) is 2. The summed E-state index contributed by atoms with van der Waals surface area (Å²) in [6.45, 7) is 3.93. The molecule has 0 saturated carbocycles. The second-order valence-corrected chi connectivity index (χ2v) is 5.78. The summed E-state index contributed by atoms with van der Waals surface area (Å²) >= 11 is 0. The highest BCUT2D eigenvalue weighted by Gasteiger charge is 2.22. The first kappa shape index (κ1) is 16.1. The number of hydrogen-bond donors (Lipinski definition) is 1. The molecule has 118 valence electrons. The van der Waals surface area contributed by atoms with Crippen LogP contribution in [0.15, 0.2) is 18.2 Å². The Morgan fingerprint density at radius 1 is 1.38 bits per heavy atom. The van der Waals surface area contributed by atoms with E-state index in [1.54, 1.807) is 7.11 Å². The van der Waals surface area contributed by atoms with Crippen LogP contribution in [-0.2, 0) is 6.54 Å². The van der Waals surface area contributed by atoms with E-state index >= 15 is 0 Å². The van der Waals surface area contributed by atoms with Gasteiger partial charge in [-0.1, -0.05) is 12.1 Å². The maximum absolute atomic E-state index is 9.65. The molecule has 1 heterocycles. The molecule has 1 fully saturated rings. The van der Waals surface area contributed by atoms with Gasteiger partial charge in [0.05, 0.1) is 13.2 Å². The minimum atomic E-state index is -0.200. The molecule has 5 heteroatoms. The van der Waals surface area contributed by atoms with Gasteiger partial charge in [-0.15, -0.1) is 0 Å². The molecule has 5 nitrogen and oxygen atoms in total. The molecule has 1 aromatic carbocycles. The van der Waals surface area contributed by atoms with Gasteiger partial charge in [0.25, 0.3) is 0 Å². The first-order chi connectivity index (χ1) is 10.1. The van der Waals surface area contributed by atoms with Crippen molar-refractivity contribution in [1.82, 2.24) is 9.80 Å². The molecule has 0 aromatic heterocycles. The van der Waals surface area contributed by atoms with E-state index in [0.717, 1.165) is 49.7 Å². The number of para-hydroxylation sites is 1. The maximum Gasteiger partial charge on any atom is 0.165 e. The molecule has 1 saturated heterocycles. The van der Waals surface area contributed by atoms with E-state index in [-0.39, 0.29) is 6.10 Å². The van der Waals surface area contributed by atoms with Crippen LogP contribution in [0, 0.1) is 0 Å². The van der Waals surface area contributed by atoms with Gasteiger partial charge in [0.15, 0.2) is 11.5 Å². The lowest BCUT2D eigenvalue weighted by atomic mass is 10.1. The molecule has 0 radical (unpaired) electrons. The molecule has 0 amide bonds. The molecular weight excluding hydrogens is 268 g/mol. The van der Waals surface area contributed by atoms with Crippen LogP contribution >= 0.6 is 0 Å². The van der Waals surface area contributed by atoms with Crippen LogP contribution in [0.25, 0.3) is 0 Å². The van der Waals surface area contributed by atoms with Crippen LogP contribution < -0.4 is 9.47 Å². The van der Waals surface area contributed by atoms with Crippen LogP contribution in [0.2, 0.25) is 0 Å². The summed E-state index contributed by atoms with van der Waals surface area (Å²) < 4.78 is 11.4. The Hall–Kier alpha value is -1.30. The van der Waals surface area contributed by atoms with Gasteiger partial charge in [0, 0.05) is 31.7 Å². The van der Waals surface area contributed by atoms with Crippen molar-refractivity contribution >= 4 is 0 Å².